The fraction of sp³-hybridized carbons (Fsp3) is 0.421. The lowest BCUT2D eigenvalue weighted by Crippen LogP contribution is -2.50. The van der Waals surface area contributed by atoms with Gasteiger partial charge in [-0.1, -0.05) is 26.0 Å². The molecule has 2 heterocycles. The van der Waals surface area contributed by atoms with Crippen LogP contribution in [0.1, 0.15) is 31.3 Å². The number of benzene rings is 1. The molecule has 2 aromatic rings. The zero-order valence-electron chi connectivity index (χ0n) is 15.4. The topological polar surface area (TPSA) is 44.3 Å². The third kappa shape index (κ3) is 4.27. The summed E-state index contributed by atoms with van der Waals surface area (Å²) in [5, 5.41) is 3.56. The molecule has 1 aromatic carbocycles. The van der Waals surface area contributed by atoms with Crippen LogP contribution in [-0.2, 0) is 0 Å². The second-order valence-corrected chi connectivity index (χ2v) is 7.15. The highest BCUT2D eigenvalue weighted by Crippen LogP contribution is 2.19. The van der Waals surface area contributed by atoms with Crippen LogP contribution in [-0.4, -0.2) is 46.2 Å². The third-order valence-corrected chi connectivity index (χ3v) is 4.74. The van der Waals surface area contributed by atoms with Gasteiger partial charge in [0, 0.05) is 43.9 Å². The number of nitrogens with zero attached hydrogens (tertiary/aromatic N) is 4. The van der Waals surface area contributed by atoms with Crippen molar-refractivity contribution >= 4 is 28.8 Å². The minimum atomic E-state index is -0.300. The van der Waals surface area contributed by atoms with Crippen LogP contribution in [0.25, 0.3) is 0 Å². The lowest BCUT2D eigenvalue weighted by Gasteiger charge is -2.37. The number of aromatic nitrogens is 2. The Bertz CT molecular complexity index is 787. The van der Waals surface area contributed by atoms with E-state index in [4.69, 9.17) is 17.2 Å². The second-order valence-electron chi connectivity index (χ2n) is 6.76. The minimum Gasteiger partial charge on any atom is -0.353 e. The van der Waals surface area contributed by atoms with Gasteiger partial charge in [0.15, 0.2) is 5.11 Å². The number of para-hydroxylation sites is 1. The van der Waals surface area contributed by atoms with Crippen LogP contribution >= 0.6 is 12.2 Å². The molecule has 138 valence electrons. The molecule has 0 amide bonds. The van der Waals surface area contributed by atoms with E-state index in [1.54, 1.807) is 18.2 Å². The van der Waals surface area contributed by atoms with Crippen molar-refractivity contribution < 1.29 is 4.39 Å². The van der Waals surface area contributed by atoms with Crippen LogP contribution in [0.15, 0.2) is 30.3 Å². The van der Waals surface area contributed by atoms with Gasteiger partial charge in [0.2, 0.25) is 0 Å². The number of halogens is 1. The van der Waals surface area contributed by atoms with Crippen LogP contribution in [0.5, 0.6) is 0 Å². The van der Waals surface area contributed by atoms with Crippen LogP contribution in [0.4, 0.5) is 15.9 Å². The smallest absolute Gasteiger partial charge is 0.173 e. The molecular weight excluding hydrogens is 349 g/mol. The quantitative estimate of drug-likeness (QED) is 0.830. The summed E-state index contributed by atoms with van der Waals surface area (Å²) in [7, 11) is 0. The average Bonchev–Trinajstić information content (AvgIpc) is 2.63. The van der Waals surface area contributed by atoms with E-state index < -0.39 is 0 Å². The highest BCUT2D eigenvalue weighted by molar-refractivity contribution is 7.80. The van der Waals surface area contributed by atoms with E-state index in [2.05, 4.69) is 33.9 Å². The Labute approximate surface area is 159 Å². The second kappa shape index (κ2) is 7.95. The Balaban J connectivity index is 1.62. The van der Waals surface area contributed by atoms with E-state index in [1.807, 2.05) is 13.0 Å². The van der Waals surface area contributed by atoms with E-state index in [-0.39, 0.29) is 5.82 Å². The molecule has 7 heteroatoms. The zero-order chi connectivity index (χ0) is 18.7. The molecule has 0 atom stereocenters. The van der Waals surface area contributed by atoms with Gasteiger partial charge in [-0.15, -0.1) is 0 Å². The molecule has 1 aliphatic heterocycles. The summed E-state index contributed by atoms with van der Waals surface area (Å²) in [5.41, 5.74) is 1.39. The normalized spacial score (nSPS) is 14.7. The average molecular weight is 374 g/mol. The molecule has 1 saturated heterocycles. The highest BCUT2D eigenvalue weighted by atomic mass is 32.1. The summed E-state index contributed by atoms with van der Waals surface area (Å²) >= 11 is 5.45. The van der Waals surface area contributed by atoms with Crippen LogP contribution in [0.2, 0.25) is 0 Å². The molecule has 0 radical (unpaired) electrons. The number of anilines is 2. The van der Waals surface area contributed by atoms with E-state index in [0.717, 1.165) is 43.5 Å². The first-order valence-electron chi connectivity index (χ1n) is 8.85. The van der Waals surface area contributed by atoms with Gasteiger partial charge in [-0.25, -0.2) is 14.4 Å². The monoisotopic (exact) mass is 373 g/mol. The Morgan fingerprint density at radius 3 is 2.50 bits per heavy atom. The SMILES string of the molecule is Cc1cc(N2CCN(C(=S)Nc3ccccc3F)CC2)nc(C(C)C)n1. The summed E-state index contributed by atoms with van der Waals surface area (Å²) < 4.78 is 13.8. The van der Waals surface area contributed by atoms with Gasteiger partial charge in [0.25, 0.3) is 0 Å². The first-order chi connectivity index (χ1) is 12.4. The van der Waals surface area contributed by atoms with Crippen LogP contribution in [0.3, 0.4) is 0 Å². The van der Waals surface area contributed by atoms with Gasteiger partial charge in [-0.05, 0) is 31.3 Å². The predicted octanol–water partition coefficient (Wildman–Crippen LogP) is 3.57. The van der Waals surface area contributed by atoms with Gasteiger partial charge >= 0.3 is 0 Å². The van der Waals surface area contributed by atoms with Crippen molar-refractivity contribution in [3.63, 3.8) is 0 Å². The standard InChI is InChI=1S/C19H24FN5S/c1-13(2)18-21-14(3)12-17(23-18)24-8-10-25(11-9-24)19(26)22-16-7-5-4-6-15(16)20/h4-7,12-13H,8-11H2,1-3H3,(H,22,26). The molecular formula is C19H24FN5S. The van der Waals surface area contributed by atoms with Gasteiger partial charge in [0.1, 0.15) is 17.5 Å². The fourth-order valence-electron chi connectivity index (χ4n) is 2.89. The molecule has 1 aliphatic rings. The Hall–Kier alpha value is -2.28. The summed E-state index contributed by atoms with van der Waals surface area (Å²) in [5.74, 6) is 1.84. The van der Waals surface area contributed by atoms with Crippen molar-refractivity contribution in [1.29, 1.82) is 0 Å². The summed E-state index contributed by atoms with van der Waals surface area (Å²) in [6.07, 6.45) is 0. The fourth-order valence-corrected chi connectivity index (χ4v) is 3.18. The molecule has 3 rings (SSSR count). The number of hydrogen-bond acceptors (Lipinski definition) is 4. The molecule has 1 fully saturated rings. The van der Waals surface area contributed by atoms with Crippen molar-refractivity contribution in [1.82, 2.24) is 14.9 Å². The van der Waals surface area contributed by atoms with Crippen molar-refractivity contribution in [2.75, 3.05) is 36.4 Å². The van der Waals surface area contributed by atoms with E-state index >= 15 is 0 Å². The molecule has 26 heavy (non-hydrogen) atoms. The van der Waals surface area contributed by atoms with Gasteiger partial charge in [-0.2, -0.15) is 0 Å². The maximum absolute atomic E-state index is 13.8. The number of hydrogen-bond donors (Lipinski definition) is 1. The molecule has 1 N–H and O–H groups in total. The Morgan fingerprint density at radius 1 is 1.15 bits per heavy atom. The number of thiocarbonyl (C=S) groups is 1. The van der Waals surface area contributed by atoms with Gasteiger partial charge < -0.3 is 15.1 Å². The number of nitrogens with one attached hydrogen (secondary N) is 1. The largest absolute Gasteiger partial charge is 0.353 e. The first kappa shape index (κ1) is 18.5. The van der Waals surface area contributed by atoms with Gasteiger partial charge in [-0.3, -0.25) is 0 Å². The van der Waals surface area contributed by atoms with Crippen molar-refractivity contribution in [3.8, 4) is 0 Å². The third-order valence-electron chi connectivity index (χ3n) is 4.38. The Kier molecular flexibility index (Phi) is 5.66. The lowest BCUT2D eigenvalue weighted by atomic mass is 10.2. The highest BCUT2D eigenvalue weighted by Gasteiger charge is 2.21. The maximum Gasteiger partial charge on any atom is 0.173 e. The number of rotatable bonds is 3. The first-order valence-corrected chi connectivity index (χ1v) is 9.26. The predicted molar refractivity (Wildman–Crippen MR) is 107 cm³/mol. The molecule has 0 saturated carbocycles. The molecule has 0 unspecified atom stereocenters. The van der Waals surface area contributed by atoms with Crippen LogP contribution in [0, 0.1) is 12.7 Å². The van der Waals surface area contributed by atoms with E-state index in [1.165, 1.54) is 6.07 Å². The van der Waals surface area contributed by atoms with Crippen LogP contribution < -0.4 is 10.2 Å². The molecule has 0 bridgehead atoms. The molecule has 5 nitrogen and oxygen atoms in total. The number of piperazine rings is 1. The maximum atomic E-state index is 13.8. The van der Waals surface area contributed by atoms with Gasteiger partial charge in [0.05, 0.1) is 5.69 Å². The summed E-state index contributed by atoms with van der Waals surface area (Å²) in [4.78, 5) is 13.5. The lowest BCUT2D eigenvalue weighted by molar-refractivity contribution is 0.389. The molecule has 0 spiro atoms. The minimum absolute atomic E-state index is 0.299. The number of aryl methyl sites for hydroxylation is 1. The van der Waals surface area contributed by atoms with E-state index in [0.29, 0.717) is 16.7 Å². The molecule has 0 aliphatic carbocycles. The van der Waals surface area contributed by atoms with Crippen molar-refractivity contribution in [3.05, 3.63) is 47.7 Å². The summed E-state index contributed by atoms with van der Waals surface area (Å²) in [6, 6.07) is 8.59. The van der Waals surface area contributed by atoms with Crippen molar-refractivity contribution in [2.45, 2.75) is 26.7 Å². The Morgan fingerprint density at radius 2 is 1.85 bits per heavy atom. The van der Waals surface area contributed by atoms with Crippen molar-refractivity contribution in [2.24, 2.45) is 0 Å². The summed E-state index contributed by atoms with van der Waals surface area (Å²) in [6.45, 7) is 9.36. The molecule has 1 aromatic heterocycles. The van der Waals surface area contributed by atoms with E-state index in [9.17, 15) is 4.39 Å². The zero-order valence-corrected chi connectivity index (χ0v) is 16.2.